The van der Waals surface area contributed by atoms with Crippen molar-refractivity contribution in [1.82, 2.24) is 19.6 Å². The van der Waals surface area contributed by atoms with Crippen molar-refractivity contribution < 1.29 is 5.11 Å². The Morgan fingerprint density at radius 2 is 2.28 bits per heavy atom. The zero-order chi connectivity index (χ0) is 12.5. The van der Waals surface area contributed by atoms with Gasteiger partial charge in [0.05, 0.1) is 12.1 Å². The van der Waals surface area contributed by atoms with E-state index in [0.29, 0.717) is 11.5 Å². The van der Waals surface area contributed by atoms with Crippen LogP contribution in [-0.4, -0.2) is 36.8 Å². The minimum absolute atomic E-state index is 0.0272. The van der Waals surface area contributed by atoms with Crippen molar-refractivity contribution in [3.63, 3.8) is 0 Å². The zero-order valence-corrected chi connectivity index (χ0v) is 9.83. The third-order valence-corrected chi connectivity index (χ3v) is 3.37. The van der Waals surface area contributed by atoms with Crippen molar-refractivity contribution in [3.05, 3.63) is 22.9 Å². The fourth-order valence-electron chi connectivity index (χ4n) is 2.36. The molecule has 18 heavy (non-hydrogen) atoms. The highest BCUT2D eigenvalue weighted by molar-refractivity contribution is 5.48. The first-order valence-electron chi connectivity index (χ1n) is 6.11. The summed E-state index contributed by atoms with van der Waals surface area (Å²) in [7, 11) is 0. The fraction of sp³-hybridized carbons (Fsp3) is 0.545. The van der Waals surface area contributed by atoms with Gasteiger partial charge in [-0.25, -0.2) is 19.3 Å². The Bertz CT molecular complexity index is 605. The average molecular weight is 249 g/mol. The minimum atomic E-state index is -0.335. The number of aromatic nitrogens is 4. The van der Waals surface area contributed by atoms with Crippen molar-refractivity contribution in [1.29, 1.82) is 0 Å². The summed E-state index contributed by atoms with van der Waals surface area (Å²) in [4.78, 5) is 15.4. The molecule has 2 heterocycles. The second kappa shape index (κ2) is 4.41. The molecule has 0 bridgehead atoms. The summed E-state index contributed by atoms with van der Waals surface area (Å²) in [6, 6.07) is 1.72. The van der Waals surface area contributed by atoms with Gasteiger partial charge in [-0.15, -0.1) is 0 Å². The molecule has 0 aliphatic heterocycles. The van der Waals surface area contributed by atoms with E-state index in [4.69, 9.17) is 0 Å². The molecule has 7 nitrogen and oxygen atoms in total. The average Bonchev–Trinajstić information content (AvgIpc) is 2.74. The Kier molecular flexibility index (Phi) is 2.75. The summed E-state index contributed by atoms with van der Waals surface area (Å²) in [5.41, 5.74) is 0.213. The fourth-order valence-corrected chi connectivity index (χ4v) is 2.36. The number of hydrogen-bond donors (Lipinski definition) is 3. The molecular formula is C11H15N5O2. The molecule has 0 saturated heterocycles. The van der Waals surface area contributed by atoms with Crippen LogP contribution < -0.4 is 11.0 Å². The van der Waals surface area contributed by atoms with Gasteiger partial charge in [-0.2, -0.15) is 5.10 Å². The lowest BCUT2D eigenvalue weighted by molar-refractivity contribution is 0.116. The minimum Gasteiger partial charge on any atom is -0.391 e. The van der Waals surface area contributed by atoms with E-state index >= 15 is 0 Å². The predicted molar refractivity (Wildman–Crippen MR) is 65.5 cm³/mol. The lowest BCUT2D eigenvalue weighted by atomic mass is 9.93. The van der Waals surface area contributed by atoms with Crippen LogP contribution in [0.15, 0.2) is 17.2 Å². The van der Waals surface area contributed by atoms with Crippen LogP contribution in [0.1, 0.15) is 25.7 Å². The van der Waals surface area contributed by atoms with Crippen LogP contribution in [0, 0.1) is 0 Å². The van der Waals surface area contributed by atoms with Gasteiger partial charge in [-0.1, -0.05) is 12.8 Å². The van der Waals surface area contributed by atoms with Crippen LogP contribution in [0.5, 0.6) is 0 Å². The number of fused-ring (bicyclic) bond motifs is 1. The number of aliphatic hydroxyl groups is 1. The van der Waals surface area contributed by atoms with Crippen LogP contribution in [0.3, 0.4) is 0 Å². The number of hydrogen-bond acceptors (Lipinski definition) is 5. The number of anilines is 1. The summed E-state index contributed by atoms with van der Waals surface area (Å²) in [5.74, 6) is 0.632. The Morgan fingerprint density at radius 3 is 3.11 bits per heavy atom. The first-order valence-corrected chi connectivity index (χ1v) is 6.11. The number of nitrogens with one attached hydrogen (secondary N) is 2. The number of rotatable bonds is 2. The summed E-state index contributed by atoms with van der Waals surface area (Å²) >= 11 is 0. The third kappa shape index (κ3) is 1.97. The van der Waals surface area contributed by atoms with E-state index in [9.17, 15) is 9.90 Å². The number of nitrogens with zero attached hydrogens (tertiary/aromatic N) is 3. The molecule has 1 aliphatic carbocycles. The molecule has 1 fully saturated rings. The lowest BCUT2D eigenvalue weighted by Gasteiger charge is -2.28. The van der Waals surface area contributed by atoms with Gasteiger partial charge in [-0.3, -0.25) is 0 Å². The Labute approximate surface area is 103 Å². The molecule has 2 aromatic rings. The van der Waals surface area contributed by atoms with Crippen molar-refractivity contribution in [2.24, 2.45) is 0 Å². The van der Waals surface area contributed by atoms with E-state index in [-0.39, 0.29) is 17.8 Å². The monoisotopic (exact) mass is 249 g/mol. The first-order chi connectivity index (χ1) is 8.74. The Balaban J connectivity index is 1.83. The lowest BCUT2D eigenvalue weighted by Crippen LogP contribution is -2.36. The highest BCUT2D eigenvalue weighted by atomic mass is 16.3. The second-order valence-electron chi connectivity index (χ2n) is 4.63. The molecule has 3 rings (SSSR count). The second-order valence-corrected chi connectivity index (χ2v) is 4.63. The summed E-state index contributed by atoms with van der Waals surface area (Å²) in [6.07, 6.45) is 5.03. The van der Waals surface area contributed by atoms with E-state index in [1.807, 2.05) is 0 Å². The molecule has 0 spiro atoms. The molecule has 0 aromatic carbocycles. The molecule has 2 unspecified atom stereocenters. The molecule has 3 N–H and O–H groups in total. The maximum atomic E-state index is 11.3. The SMILES string of the molecule is O=c1[nH]nc2cc(NC3CCCCC3O)ncn12. The molecule has 7 heteroatoms. The van der Waals surface area contributed by atoms with Gasteiger partial charge in [0, 0.05) is 6.07 Å². The highest BCUT2D eigenvalue weighted by Gasteiger charge is 2.23. The molecule has 96 valence electrons. The molecular weight excluding hydrogens is 234 g/mol. The first kappa shape index (κ1) is 11.2. The van der Waals surface area contributed by atoms with Crippen LogP contribution in [0.25, 0.3) is 5.65 Å². The standard InChI is InChI=1S/C11H15N5O2/c17-8-4-2-1-3-7(8)13-9-5-10-14-15-11(18)16(10)6-12-9/h5-8,13,17H,1-4H2,(H,15,18). The van der Waals surface area contributed by atoms with Crippen LogP contribution in [0.4, 0.5) is 5.82 Å². The van der Waals surface area contributed by atoms with Crippen molar-refractivity contribution in [3.8, 4) is 0 Å². The molecule has 1 saturated carbocycles. The Morgan fingerprint density at radius 1 is 1.44 bits per heavy atom. The summed E-state index contributed by atoms with van der Waals surface area (Å²) in [6.45, 7) is 0. The van der Waals surface area contributed by atoms with Crippen molar-refractivity contribution in [2.45, 2.75) is 37.8 Å². The van der Waals surface area contributed by atoms with Gasteiger partial charge in [0.2, 0.25) is 0 Å². The van der Waals surface area contributed by atoms with Crippen LogP contribution in [0.2, 0.25) is 0 Å². The smallest absolute Gasteiger partial charge is 0.348 e. The maximum absolute atomic E-state index is 11.3. The van der Waals surface area contributed by atoms with Crippen LogP contribution in [-0.2, 0) is 0 Å². The van der Waals surface area contributed by atoms with E-state index in [1.165, 1.54) is 10.7 Å². The highest BCUT2D eigenvalue weighted by Crippen LogP contribution is 2.21. The van der Waals surface area contributed by atoms with Gasteiger partial charge in [0.25, 0.3) is 0 Å². The van der Waals surface area contributed by atoms with E-state index in [2.05, 4.69) is 20.5 Å². The quantitative estimate of drug-likeness (QED) is 0.703. The van der Waals surface area contributed by atoms with E-state index in [0.717, 1.165) is 25.7 Å². The molecule has 2 aromatic heterocycles. The summed E-state index contributed by atoms with van der Waals surface area (Å²) in [5, 5.41) is 19.3. The number of H-pyrrole nitrogens is 1. The Hall–Kier alpha value is -1.89. The van der Waals surface area contributed by atoms with Crippen molar-refractivity contribution in [2.75, 3.05) is 5.32 Å². The maximum Gasteiger partial charge on any atom is 0.348 e. The topological polar surface area (TPSA) is 95.3 Å². The molecule has 0 radical (unpaired) electrons. The predicted octanol–water partition coefficient (Wildman–Crippen LogP) is 0.133. The van der Waals surface area contributed by atoms with Gasteiger partial charge < -0.3 is 10.4 Å². The van der Waals surface area contributed by atoms with Gasteiger partial charge in [-0.05, 0) is 12.8 Å². The number of aromatic amines is 1. The molecule has 1 aliphatic rings. The van der Waals surface area contributed by atoms with Crippen molar-refractivity contribution >= 4 is 11.5 Å². The molecule has 2 atom stereocenters. The van der Waals surface area contributed by atoms with Gasteiger partial charge in [0.15, 0.2) is 5.65 Å². The van der Waals surface area contributed by atoms with E-state index < -0.39 is 0 Å². The third-order valence-electron chi connectivity index (χ3n) is 3.37. The van der Waals surface area contributed by atoms with Gasteiger partial charge >= 0.3 is 5.69 Å². The largest absolute Gasteiger partial charge is 0.391 e. The summed E-state index contributed by atoms with van der Waals surface area (Å²) < 4.78 is 1.34. The number of aliphatic hydroxyl groups excluding tert-OH is 1. The van der Waals surface area contributed by atoms with E-state index in [1.54, 1.807) is 6.07 Å². The van der Waals surface area contributed by atoms with Crippen LogP contribution >= 0.6 is 0 Å². The van der Waals surface area contributed by atoms with Gasteiger partial charge in [0.1, 0.15) is 12.1 Å². The molecule has 0 amide bonds. The normalized spacial score (nSPS) is 24.3. The zero-order valence-electron chi connectivity index (χ0n) is 9.83.